The summed E-state index contributed by atoms with van der Waals surface area (Å²) in [6.07, 6.45) is 0. The SMILES string of the molecule is [B].[B].[C].[C]. The molecule has 0 aromatic rings. The Balaban J connectivity index is 0. The minimum Gasteiger partial charge on any atom is 0 e. The Bertz CT molecular complexity index is 4.00. The predicted octanol–water partition coefficient (Wildman–Crippen LogP) is -0.599. The monoisotopic (exact) mass is 46.0 g/mol. The van der Waals surface area contributed by atoms with Crippen LogP contribution in [-0.2, 0) is 0 Å². The molecule has 0 saturated heterocycles. The molecule has 0 aliphatic rings. The predicted molar refractivity (Wildman–Crippen MR) is 18.0 cm³/mol. The van der Waals surface area contributed by atoms with Gasteiger partial charge in [-0.25, -0.2) is 0 Å². The van der Waals surface area contributed by atoms with Crippen molar-refractivity contribution in [3.05, 3.63) is 14.9 Å². The van der Waals surface area contributed by atoms with E-state index in [0.717, 1.165) is 0 Å². The largest absolute Gasteiger partial charge is 0 e. The molecule has 0 bridgehead atoms. The van der Waals surface area contributed by atoms with Crippen LogP contribution < -0.4 is 0 Å². The van der Waals surface area contributed by atoms with Crippen molar-refractivity contribution < 1.29 is 0 Å². The van der Waals surface area contributed by atoms with Crippen molar-refractivity contribution in [2.75, 3.05) is 0 Å². The standard InChI is InChI=1S/2C.2B. The molecule has 0 N–H and O–H groups in total. The van der Waals surface area contributed by atoms with Crippen LogP contribution in [0.3, 0.4) is 0 Å². The molecular weight excluding hydrogens is 45.6 g/mol. The van der Waals surface area contributed by atoms with E-state index in [1.165, 1.54) is 0 Å². The Morgan fingerprint density at radius 2 is 0.500 bits per heavy atom. The maximum Gasteiger partial charge on any atom is 0 e. The zero-order valence-corrected chi connectivity index (χ0v) is 2.15. The Morgan fingerprint density at radius 1 is 0.500 bits per heavy atom. The normalized spacial score (nSPS) is 0. The molecule has 2 heteroatoms. The average Bonchev–Trinajstić information content (AvgIpc) is 0. The van der Waals surface area contributed by atoms with Crippen molar-refractivity contribution in [1.29, 1.82) is 0 Å². The van der Waals surface area contributed by atoms with Crippen molar-refractivity contribution in [1.82, 2.24) is 0 Å². The first-order chi connectivity index (χ1) is 0. The van der Waals surface area contributed by atoms with Crippen molar-refractivity contribution in [2.24, 2.45) is 0 Å². The van der Waals surface area contributed by atoms with Crippen LogP contribution in [0.25, 0.3) is 0 Å². The van der Waals surface area contributed by atoms with Crippen LogP contribution in [0.15, 0.2) is 0 Å². The molecule has 0 atom stereocenters. The molecular formula is C2B2. The molecule has 0 saturated carbocycles. The number of hydrogen-bond acceptors (Lipinski definition) is 0. The van der Waals surface area contributed by atoms with E-state index >= 15 is 0 Å². The Kier molecular flexibility index (Phi) is 505000. The van der Waals surface area contributed by atoms with Gasteiger partial charge in [-0.15, -0.1) is 0 Å². The minimum absolute atomic E-state index is 0. The smallest absolute Gasteiger partial charge is 0 e. The lowest BCUT2D eigenvalue weighted by Gasteiger charge is -0.00100. The molecule has 0 aliphatic heterocycles. The van der Waals surface area contributed by atoms with E-state index in [1.807, 2.05) is 0 Å². The minimum atomic E-state index is 0. The van der Waals surface area contributed by atoms with Crippen LogP contribution >= 0.6 is 0 Å². The molecule has 0 aromatic heterocycles. The number of hydrogen-bond donors (Lipinski definition) is 0. The van der Waals surface area contributed by atoms with Gasteiger partial charge < -0.3 is 0 Å². The van der Waals surface area contributed by atoms with E-state index in [-0.39, 0.29) is 31.7 Å². The van der Waals surface area contributed by atoms with Gasteiger partial charge in [0.05, 0.1) is 0 Å². The lowest BCUT2D eigenvalue weighted by molar-refractivity contribution is 3.24. The van der Waals surface area contributed by atoms with E-state index in [9.17, 15) is 0 Å². The van der Waals surface area contributed by atoms with Crippen molar-refractivity contribution in [3.8, 4) is 0 Å². The second kappa shape index (κ2) is 842. The molecule has 0 spiro atoms. The molecule has 0 fully saturated rings. The second-order valence-corrected chi connectivity index (χ2v) is 0. The lowest BCUT2D eigenvalue weighted by atomic mass is 10.8. The maximum absolute atomic E-state index is 0. The van der Waals surface area contributed by atoms with Crippen molar-refractivity contribution in [3.63, 3.8) is 0 Å². The summed E-state index contributed by atoms with van der Waals surface area (Å²) < 4.78 is 0. The molecule has 0 amide bonds. The molecule has 0 aromatic carbocycles. The summed E-state index contributed by atoms with van der Waals surface area (Å²) >= 11 is 0. The van der Waals surface area contributed by atoms with Crippen LogP contribution in [-0.4, -0.2) is 16.8 Å². The van der Waals surface area contributed by atoms with Gasteiger partial charge in [0.15, 0.2) is 0 Å². The van der Waals surface area contributed by atoms with Crippen LogP contribution in [0.4, 0.5) is 0 Å². The Morgan fingerprint density at radius 3 is 0.500 bits per heavy atom. The van der Waals surface area contributed by atoms with Gasteiger partial charge >= 0.3 is 0 Å². The summed E-state index contributed by atoms with van der Waals surface area (Å²) in [7, 11) is 0. The Labute approximate surface area is 32.8 Å². The fourth-order valence-electron chi connectivity index (χ4n) is 0. The summed E-state index contributed by atoms with van der Waals surface area (Å²) in [4.78, 5) is 0. The van der Waals surface area contributed by atoms with E-state index < -0.39 is 0 Å². The average molecular weight is 45.6 g/mol. The first-order valence-electron chi connectivity index (χ1n) is 0. The Hall–Kier alpha value is 0.130. The molecule has 0 unspecified atom stereocenters. The zero-order valence-electron chi connectivity index (χ0n) is 2.15. The molecule has 0 heterocycles. The first kappa shape index (κ1) is 2400. The topological polar surface area (TPSA) is 0 Å². The van der Waals surface area contributed by atoms with Crippen LogP contribution in [0.2, 0.25) is 0 Å². The molecule has 0 nitrogen and oxygen atoms in total. The molecule has 14 radical (unpaired) electrons. The summed E-state index contributed by atoms with van der Waals surface area (Å²) in [5.74, 6) is 0. The fraction of sp³-hybridized carbons (Fsp3) is 0. The molecule has 14 valence electrons. The zero-order chi connectivity index (χ0) is 0. The van der Waals surface area contributed by atoms with E-state index in [0.29, 0.717) is 0 Å². The van der Waals surface area contributed by atoms with Gasteiger partial charge in [0.2, 0.25) is 0 Å². The first-order valence-corrected chi connectivity index (χ1v) is 0. The summed E-state index contributed by atoms with van der Waals surface area (Å²) in [5.41, 5.74) is 0. The van der Waals surface area contributed by atoms with Crippen molar-refractivity contribution in [2.45, 2.75) is 0 Å². The van der Waals surface area contributed by atoms with Gasteiger partial charge in [-0.3, -0.25) is 0 Å². The maximum atomic E-state index is 0. The van der Waals surface area contributed by atoms with Crippen LogP contribution in [0.5, 0.6) is 0 Å². The van der Waals surface area contributed by atoms with E-state index in [4.69, 9.17) is 0 Å². The highest BCUT2D eigenvalue weighted by Gasteiger charge is 0.00300. The molecule has 0 aliphatic carbocycles. The van der Waals surface area contributed by atoms with Gasteiger partial charge in [-0.1, -0.05) is 0 Å². The highest BCUT2D eigenvalue weighted by atomic mass is 12.0. The third kappa shape index (κ3) is 161. The van der Waals surface area contributed by atoms with Gasteiger partial charge in [-0.2, -0.15) is 0 Å². The van der Waals surface area contributed by atoms with E-state index in [2.05, 4.69) is 0 Å². The van der Waals surface area contributed by atoms with Crippen molar-refractivity contribution >= 4 is 16.8 Å². The quantitative estimate of drug-likeness (QED) is 0.319. The summed E-state index contributed by atoms with van der Waals surface area (Å²) in [5, 5.41) is 0. The summed E-state index contributed by atoms with van der Waals surface area (Å²) in [6.45, 7) is 0. The highest BCUT2D eigenvalue weighted by molar-refractivity contribution is 5.76. The third-order valence-corrected chi connectivity index (χ3v) is 0. The van der Waals surface area contributed by atoms with Gasteiger partial charge in [0.25, 0.3) is 0 Å². The molecule has 4 heavy (non-hydrogen) atoms. The number of rotatable bonds is 0. The van der Waals surface area contributed by atoms with Crippen LogP contribution in [0.1, 0.15) is 0 Å². The van der Waals surface area contributed by atoms with Gasteiger partial charge in [0, 0.05) is 31.7 Å². The van der Waals surface area contributed by atoms with Gasteiger partial charge in [-0.05, 0) is 0 Å². The summed E-state index contributed by atoms with van der Waals surface area (Å²) in [6, 6.07) is 0. The van der Waals surface area contributed by atoms with E-state index in [1.54, 1.807) is 0 Å². The lowest BCUT2D eigenvalue weighted by Crippen LogP contribution is -0.382. The third-order valence-electron chi connectivity index (χ3n) is 0. The van der Waals surface area contributed by atoms with Crippen LogP contribution in [0, 0.1) is 14.9 Å². The highest BCUT2D eigenvalue weighted by Crippen LogP contribution is 0.0823. The van der Waals surface area contributed by atoms with Gasteiger partial charge in [0.1, 0.15) is 0 Å². The fourth-order valence-corrected chi connectivity index (χ4v) is 0. The second-order valence-electron chi connectivity index (χ2n) is 0. The molecule has 0 rings (SSSR count).